The molecule has 19 heavy (non-hydrogen) atoms. The Labute approximate surface area is 114 Å². The normalized spacial score (nSPS) is 11.2. The Kier molecular flexibility index (Phi) is 4.27. The van der Waals surface area contributed by atoms with Gasteiger partial charge in [0.25, 0.3) is 0 Å². The number of hydrogen-bond donors (Lipinski definition) is 1. The molecule has 0 aromatic carbocycles. The third-order valence-electron chi connectivity index (χ3n) is 2.71. The topological polar surface area (TPSA) is 55.6 Å². The highest BCUT2D eigenvalue weighted by atomic mass is 15.3. The summed E-state index contributed by atoms with van der Waals surface area (Å²) in [5.74, 6) is 1.33. The van der Waals surface area contributed by atoms with E-state index >= 15 is 0 Å². The zero-order chi connectivity index (χ0) is 13.8. The van der Waals surface area contributed by atoms with Crippen LogP contribution in [0.4, 0.5) is 0 Å². The van der Waals surface area contributed by atoms with E-state index in [4.69, 9.17) is 0 Å². The first-order chi connectivity index (χ1) is 9.04. The molecule has 5 heteroatoms. The predicted octanol–water partition coefficient (Wildman–Crippen LogP) is 1.93. The number of nitrogens with zero attached hydrogens (tertiary/aromatic N) is 4. The fourth-order valence-corrected chi connectivity index (χ4v) is 1.86. The third kappa shape index (κ3) is 3.86. The van der Waals surface area contributed by atoms with Crippen molar-refractivity contribution in [3.05, 3.63) is 29.7 Å². The minimum atomic E-state index is 0.637. The summed E-state index contributed by atoms with van der Waals surface area (Å²) in [6.45, 7) is 8.12. The van der Waals surface area contributed by atoms with Crippen LogP contribution in [0, 0.1) is 12.8 Å². The second-order valence-electron chi connectivity index (χ2n) is 5.22. The van der Waals surface area contributed by atoms with Crippen molar-refractivity contribution in [3.63, 3.8) is 0 Å². The van der Waals surface area contributed by atoms with E-state index in [-0.39, 0.29) is 0 Å². The van der Waals surface area contributed by atoms with Gasteiger partial charge in [-0.15, -0.1) is 0 Å². The highest BCUT2D eigenvalue weighted by Crippen LogP contribution is 2.13. The Morgan fingerprint density at radius 1 is 1.32 bits per heavy atom. The molecule has 5 nitrogen and oxygen atoms in total. The molecule has 0 saturated heterocycles. The van der Waals surface area contributed by atoms with Crippen LogP contribution >= 0.6 is 0 Å². The van der Waals surface area contributed by atoms with E-state index in [2.05, 4.69) is 34.2 Å². The quantitative estimate of drug-likeness (QED) is 0.891. The van der Waals surface area contributed by atoms with Crippen molar-refractivity contribution >= 4 is 0 Å². The zero-order valence-electron chi connectivity index (χ0n) is 12.0. The van der Waals surface area contributed by atoms with Crippen LogP contribution in [0.15, 0.2) is 18.3 Å². The molecule has 0 aliphatic heterocycles. The summed E-state index contributed by atoms with van der Waals surface area (Å²) in [5, 5.41) is 7.74. The molecule has 0 amide bonds. The molecule has 0 saturated carbocycles. The summed E-state index contributed by atoms with van der Waals surface area (Å²) in [6, 6.07) is 3.94. The Balaban J connectivity index is 2.15. The zero-order valence-corrected chi connectivity index (χ0v) is 12.0. The van der Waals surface area contributed by atoms with Gasteiger partial charge in [0.15, 0.2) is 5.82 Å². The van der Waals surface area contributed by atoms with Gasteiger partial charge < -0.3 is 5.32 Å². The highest BCUT2D eigenvalue weighted by molar-refractivity contribution is 5.48. The lowest BCUT2D eigenvalue weighted by Crippen LogP contribution is -2.20. The fraction of sp³-hybridized carbons (Fsp3) is 0.500. The fourth-order valence-electron chi connectivity index (χ4n) is 1.86. The van der Waals surface area contributed by atoms with Crippen LogP contribution < -0.4 is 5.32 Å². The van der Waals surface area contributed by atoms with Gasteiger partial charge in [-0.25, -0.2) is 9.97 Å². The lowest BCUT2D eigenvalue weighted by Gasteiger charge is -2.08. The molecule has 0 radical (unpaired) electrons. The van der Waals surface area contributed by atoms with Gasteiger partial charge >= 0.3 is 0 Å². The molecule has 2 aromatic rings. The molecule has 0 aliphatic rings. The van der Waals surface area contributed by atoms with E-state index in [0.29, 0.717) is 11.7 Å². The van der Waals surface area contributed by atoms with E-state index in [9.17, 15) is 0 Å². The monoisotopic (exact) mass is 259 g/mol. The molecule has 0 bridgehead atoms. The summed E-state index contributed by atoms with van der Waals surface area (Å²) < 4.78 is 1.76. The standard InChI is InChI=1S/C14H21N5/c1-10(2)8-15-9-12-7-11(3)16-14(17-12)13-5-6-19(4)18-13/h5-7,10,15H,8-9H2,1-4H3. The van der Waals surface area contributed by atoms with Gasteiger partial charge in [0, 0.05) is 25.5 Å². The maximum atomic E-state index is 4.56. The minimum absolute atomic E-state index is 0.637. The van der Waals surface area contributed by atoms with Crippen LogP contribution in [0.25, 0.3) is 11.5 Å². The van der Waals surface area contributed by atoms with Gasteiger partial charge in [-0.1, -0.05) is 13.8 Å². The number of aromatic nitrogens is 4. The van der Waals surface area contributed by atoms with E-state index in [1.807, 2.05) is 32.3 Å². The van der Waals surface area contributed by atoms with Crippen molar-refractivity contribution in [2.75, 3.05) is 6.54 Å². The molecule has 2 rings (SSSR count). The van der Waals surface area contributed by atoms with Gasteiger partial charge in [0.2, 0.25) is 0 Å². The van der Waals surface area contributed by atoms with E-state index in [1.54, 1.807) is 4.68 Å². The first-order valence-electron chi connectivity index (χ1n) is 6.60. The Morgan fingerprint density at radius 3 is 2.74 bits per heavy atom. The molecule has 0 spiro atoms. The van der Waals surface area contributed by atoms with Crippen LogP contribution in [0.3, 0.4) is 0 Å². The summed E-state index contributed by atoms with van der Waals surface area (Å²) >= 11 is 0. The van der Waals surface area contributed by atoms with E-state index in [1.165, 1.54) is 0 Å². The molecular formula is C14H21N5. The number of hydrogen-bond acceptors (Lipinski definition) is 4. The number of aryl methyl sites for hydroxylation is 2. The molecule has 0 unspecified atom stereocenters. The predicted molar refractivity (Wildman–Crippen MR) is 75.5 cm³/mol. The van der Waals surface area contributed by atoms with Crippen molar-refractivity contribution < 1.29 is 0 Å². The maximum Gasteiger partial charge on any atom is 0.180 e. The van der Waals surface area contributed by atoms with Crippen molar-refractivity contribution in [1.29, 1.82) is 0 Å². The highest BCUT2D eigenvalue weighted by Gasteiger charge is 2.07. The number of rotatable bonds is 5. The summed E-state index contributed by atoms with van der Waals surface area (Å²) in [4.78, 5) is 9.01. The molecule has 1 N–H and O–H groups in total. The van der Waals surface area contributed by atoms with Gasteiger partial charge in [-0.3, -0.25) is 4.68 Å². The van der Waals surface area contributed by atoms with Crippen molar-refractivity contribution in [2.24, 2.45) is 13.0 Å². The number of nitrogens with one attached hydrogen (secondary N) is 1. The second-order valence-corrected chi connectivity index (χ2v) is 5.22. The van der Waals surface area contributed by atoms with Crippen molar-refractivity contribution in [1.82, 2.24) is 25.1 Å². The van der Waals surface area contributed by atoms with Crippen LogP contribution in [-0.4, -0.2) is 26.3 Å². The van der Waals surface area contributed by atoms with Crippen molar-refractivity contribution in [3.8, 4) is 11.5 Å². The first kappa shape index (κ1) is 13.7. The maximum absolute atomic E-state index is 4.56. The lowest BCUT2D eigenvalue weighted by atomic mass is 10.2. The molecule has 0 fully saturated rings. The average Bonchev–Trinajstić information content (AvgIpc) is 2.75. The lowest BCUT2D eigenvalue weighted by molar-refractivity contribution is 0.548. The molecule has 0 aliphatic carbocycles. The largest absolute Gasteiger partial charge is 0.311 e. The molecule has 2 aromatic heterocycles. The smallest absolute Gasteiger partial charge is 0.180 e. The summed E-state index contributed by atoms with van der Waals surface area (Å²) in [6.07, 6.45) is 1.90. The van der Waals surface area contributed by atoms with Gasteiger partial charge in [-0.2, -0.15) is 5.10 Å². The molecule has 2 heterocycles. The van der Waals surface area contributed by atoms with Gasteiger partial charge in [-0.05, 0) is 31.5 Å². The average molecular weight is 259 g/mol. The van der Waals surface area contributed by atoms with Crippen LogP contribution in [-0.2, 0) is 13.6 Å². The Morgan fingerprint density at radius 2 is 2.11 bits per heavy atom. The van der Waals surface area contributed by atoms with Gasteiger partial charge in [0.1, 0.15) is 5.69 Å². The van der Waals surface area contributed by atoms with E-state index in [0.717, 1.165) is 30.2 Å². The molecule has 0 atom stereocenters. The van der Waals surface area contributed by atoms with Crippen LogP contribution in [0.1, 0.15) is 25.2 Å². The van der Waals surface area contributed by atoms with Gasteiger partial charge in [0.05, 0.1) is 5.69 Å². The molecular weight excluding hydrogens is 238 g/mol. The first-order valence-corrected chi connectivity index (χ1v) is 6.60. The Bertz CT molecular complexity index is 545. The molecule has 102 valence electrons. The van der Waals surface area contributed by atoms with Crippen LogP contribution in [0.2, 0.25) is 0 Å². The Hall–Kier alpha value is -1.75. The third-order valence-corrected chi connectivity index (χ3v) is 2.71. The van der Waals surface area contributed by atoms with Crippen molar-refractivity contribution in [2.45, 2.75) is 27.3 Å². The van der Waals surface area contributed by atoms with E-state index < -0.39 is 0 Å². The SMILES string of the molecule is Cc1cc(CNCC(C)C)nc(-c2ccn(C)n2)n1. The minimum Gasteiger partial charge on any atom is -0.311 e. The summed E-state index contributed by atoms with van der Waals surface area (Å²) in [7, 11) is 1.89. The summed E-state index contributed by atoms with van der Waals surface area (Å²) in [5.41, 5.74) is 2.79. The second kappa shape index (κ2) is 5.93. The van der Waals surface area contributed by atoms with Crippen LogP contribution in [0.5, 0.6) is 0 Å².